The van der Waals surface area contributed by atoms with Crippen LogP contribution in [-0.2, 0) is 17.8 Å². The summed E-state index contributed by atoms with van der Waals surface area (Å²) in [5, 5.41) is 12.4. The number of benzene rings is 2. The molecule has 0 spiro atoms. The fourth-order valence-electron chi connectivity index (χ4n) is 2.61. The van der Waals surface area contributed by atoms with Crippen LogP contribution in [0.4, 0.5) is 4.39 Å². The molecule has 0 unspecified atom stereocenters. The van der Waals surface area contributed by atoms with E-state index in [2.05, 4.69) is 5.32 Å². The smallest absolute Gasteiger partial charge is 0.266 e. The predicted molar refractivity (Wildman–Crippen MR) is 104 cm³/mol. The lowest BCUT2D eigenvalue weighted by Crippen LogP contribution is -2.37. The Hall–Kier alpha value is -3.13. The first-order chi connectivity index (χ1) is 13.0. The first kappa shape index (κ1) is 20.2. The van der Waals surface area contributed by atoms with E-state index in [4.69, 9.17) is 0 Å². The van der Waals surface area contributed by atoms with Gasteiger partial charge >= 0.3 is 0 Å². The number of hydrogen-bond acceptors (Lipinski definition) is 3. The molecule has 0 atom stereocenters. The second-order valence-electron chi connectivity index (χ2n) is 6.51. The second-order valence-corrected chi connectivity index (χ2v) is 6.51. The van der Waals surface area contributed by atoms with Crippen LogP contribution in [0.25, 0.3) is 0 Å². The van der Waals surface area contributed by atoms with E-state index in [9.17, 15) is 14.4 Å². The fraction of sp³-hybridized carbons (Fsp3) is 0.273. The Bertz CT molecular complexity index is 808. The molecule has 2 rings (SSSR count). The topological polar surface area (TPSA) is 56.1 Å². The SMILES string of the molecule is CC(C)N(Cc1ccccc1)C(=O)/C(C#N)=C\NCCc1ccc(F)cc1. The van der Waals surface area contributed by atoms with E-state index in [0.29, 0.717) is 19.5 Å². The highest BCUT2D eigenvalue weighted by molar-refractivity contribution is 5.97. The molecule has 0 fully saturated rings. The number of rotatable bonds is 8. The molecule has 0 saturated heterocycles. The Morgan fingerprint density at radius 1 is 1.15 bits per heavy atom. The maximum atomic E-state index is 12.9. The van der Waals surface area contributed by atoms with E-state index in [1.807, 2.05) is 50.2 Å². The van der Waals surface area contributed by atoms with Gasteiger partial charge in [-0.1, -0.05) is 42.5 Å². The van der Waals surface area contributed by atoms with E-state index in [1.54, 1.807) is 17.0 Å². The molecule has 2 aromatic rings. The van der Waals surface area contributed by atoms with E-state index >= 15 is 0 Å². The highest BCUT2D eigenvalue weighted by Gasteiger charge is 2.21. The number of nitrogens with zero attached hydrogens (tertiary/aromatic N) is 2. The van der Waals surface area contributed by atoms with Crippen molar-refractivity contribution in [1.82, 2.24) is 10.2 Å². The first-order valence-electron chi connectivity index (χ1n) is 8.94. The van der Waals surface area contributed by atoms with Crippen LogP contribution in [0.3, 0.4) is 0 Å². The van der Waals surface area contributed by atoms with Crippen molar-refractivity contribution in [1.29, 1.82) is 5.26 Å². The second kappa shape index (κ2) is 10.1. The summed E-state index contributed by atoms with van der Waals surface area (Å²) in [6.07, 6.45) is 2.13. The van der Waals surface area contributed by atoms with Gasteiger partial charge in [-0.3, -0.25) is 4.79 Å². The molecule has 0 saturated carbocycles. The molecule has 0 aliphatic heterocycles. The number of carbonyl (C=O) groups is 1. The van der Waals surface area contributed by atoms with Crippen molar-refractivity contribution in [3.05, 3.63) is 83.3 Å². The van der Waals surface area contributed by atoms with Gasteiger partial charge in [0.15, 0.2) is 0 Å². The number of nitriles is 1. The lowest BCUT2D eigenvalue weighted by atomic mass is 10.1. The summed E-state index contributed by atoms with van der Waals surface area (Å²) in [4.78, 5) is 14.4. The third-order valence-corrected chi connectivity index (χ3v) is 4.15. The van der Waals surface area contributed by atoms with Gasteiger partial charge in [0.1, 0.15) is 17.5 Å². The summed E-state index contributed by atoms with van der Waals surface area (Å²) in [6, 6.07) is 17.9. The molecule has 5 heteroatoms. The Kier molecular flexibility index (Phi) is 7.57. The summed E-state index contributed by atoms with van der Waals surface area (Å²) in [7, 11) is 0. The maximum Gasteiger partial charge on any atom is 0.266 e. The van der Waals surface area contributed by atoms with Gasteiger partial charge in [-0.2, -0.15) is 5.26 Å². The average molecular weight is 365 g/mol. The third kappa shape index (κ3) is 6.27. The van der Waals surface area contributed by atoms with Gasteiger partial charge in [-0.25, -0.2) is 4.39 Å². The van der Waals surface area contributed by atoms with Gasteiger partial charge in [0, 0.05) is 25.3 Å². The summed E-state index contributed by atoms with van der Waals surface area (Å²) in [5.41, 5.74) is 2.06. The van der Waals surface area contributed by atoms with Crippen LogP contribution in [0.5, 0.6) is 0 Å². The van der Waals surface area contributed by atoms with E-state index in [-0.39, 0.29) is 23.3 Å². The van der Waals surface area contributed by atoms with Gasteiger partial charge in [0.25, 0.3) is 5.91 Å². The maximum absolute atomic E-state index is 12.9. The monoisotopic (exact) mass is 365 g/mol. The van der Waals surface area contributed by atoms with Crippen molar-refractivity contribution in [3.8, 4) is 6.07 Å². The molecule has 0 aromatic heterocycles. The predicted octanol–water partition coefficient (Wildman–Crippen LogP) is 3.80. The van der Waals surface area contributed by atoms with Crippen LogP contribution in [-0.4, -0.2) is 23.4 Å². The number of nitrogens with one attached hydrogen (secondary N) is 1. The number of halogens is 1. The Morgan fingerprint density at radius 3 is 2.41 bits per heavy atom. The standard InChI is InChI=1S/C22H24FN3O/c1-17(2)26(16-19-6-4-3-5-7-19)22(27)20(14-24)15-25-13-12-18-8-10-21(23)11-9-18/h3-11,15,17,25H,12-13,16H2,1-2H3/b20-15-. The highest BCUT2D eigenvalue weighted by Crippen LogP contribution is 2.12. The van der Waals surface area contributed by atoms with Crippen LogP contribution in [0, 0.1) is 17.1 Å². The minimum atomic E-state index is -0.300. The molecule has 2 aromatic carbocycles. The normalized spacial score (nSPS) is 11.1. The zero-order valence-corrected chi connectivity index (χ0v) is 15.7. The zero-order chi connectivity index (χ0) is 19.6. The molecule has 0 heterocycles. The number of amides is 1. The Balaban J connectivity index is 1.98. The first-order valence-corrected chi connectivity index (χ1v) is 8.94. The van der Waals surface area contributed by atoms with Crippen LogP contribution in [0.2, 0.25) is 0 Å². The summed E-state index contributed by atoms with van der Waals surface area (Å²) < 4.78 is 12.9. The van der Waals surface area contributed by atoms with Gasteiger partial charge < -0.3 is 10.2 Å². The van der Waals surface area contributed by atoms with Crippen LogP contribution >= 0.6 is 0 Å². The molecule has 0 bridgehead atoms. The molecular weight excluding hydrogens is 341 g/mol. The molecule has 27 heavy (non-hydrogen) atoms. The Morgan fingerprint density at radius 2 is 1.81 bits per heavy atom. The van der Waals surface area contributed by atoms with Crippen molar-refractivity contribution in [2.75, 3.05) is 6.54 Å². The fourth-order valence-corrected chi connectivity index (χ4v) is 2.61. The van der Waals surface area contributed by atoms with Gasteiger partial charge in [-0.15, -0.1) is 0 Å². The molecule has 0 aliphatic carbocycles. The molecule has 0 radical (unpaired) electrons. The average Bonchev–Trinajstić information content (AvgIpc) is 2.67. The lowest BCUT2D eigenvalue weighted by Gasteiger charge is -2.26. The van der Waals surface area contributed by atoms with E-state index < -0.39 is 0 Å². The summed E-state index contributed by atoms with van der Waals surface area (Å²) >= 11 is 0. The van der Waals surface area contributed by atoms with Gasteiger partial charge in [0.05, 0.1) is 0 Å². The van der Waals surface area contributed by atoms with Gasteiger partial charge in [0.2, 0.25) is 0 Å². The zero-order valence-electron chi connectivity index (χ0n) is 15.7. The largest absolute Gasteiger partial charge is 0.389 e. The molecule has 1 amide bonds. The molecule has 0 aliphatic rings. The van der Waals surface area contributed by atoms with Gasteiger partial charge in [-0.05, 0) is 43.5 Å². The number of carbonyl (C=O) groups excluding carboxylic acids is 1. The van der Waals surface area contributed by atoms with Crippen molar-refractivity contribution < 1.29 is 9.18 Å². The van der Waals surface area contributed by atoms with Crippen molar-refractivity contribution in [2.45, 2.75) is 32.9 Å². The molecule has 1 N–H and O–H groups in total. The highest BCUT2D eigenvalue weighted by atomic mass is 19.1. The van der Waals surface area contributed by atoms with E-state index in [0.717, 1.165) is 11.1 Å². The lowest BCUT2D eigenvalue weighted by molar-refractivity contribution is -0.129. The molecular formula is C22H24FN3O. The minimum absolute atomic E-state index is 0.0336. The summed E-state index contributed by atoms with van der Waals surface area (Å²) in [6.45, 7) is 4.85. The van der Waals surface area contributed by atoms with Crippen LogP contribution in [0.15, 0.2) is 66.4 Å². The molecule has 4 nitrogen and oxygen atoms in total. The van der Waals surface area contributed by atoms with Crippen molar-refractivity contribution >= 4 is 5.91 Å². The van der Waals surface area contributed by atoms with Crippen LogP contribution in [0.1, 0.15) is 25.0 Å². The minimum Gasteiger partial charge on any atom is -0.389 e. The Labute approximate surface area is 159 Å². The van der Waals surface area contributed by atoms with Crippen molar-refractivity contribution in [2.24, 2.45) is 0 Å². The van der Waals surface area contributed by atoms with Crippen molar-refractivity contribution in [3.63, 3.8) is 0 Å². The third-order valence-electron chi connectivity index (χ3n) is 4.15. The number of hydrogen-bond donors (Lipinski definition) is 1. The van der Waals surface area contributed by atoms with Crippen LogP contribution < -0.4 is 5.32 Å². The summed E-state index contributed by atoms with van der Waals surface area (Å²) in [5.74, 6) is -0.568. The molecule has 140 valence electrons. The van der Waals surface area contributed by atoms with E-state index in [1.165, 1.54) is 18.3 Å². The quantitative estimate of drug-likeness (QED) is 0.440.